The van der Waals surface area contributed by atoms with Crippen LogP contribution < -0.4 is 14.8 Å². The van der Waals surface area contributed by atoms with Crippen LogP contribution in [-0.2, 0) is 19.5 Å². The summed E-state index contributed by atoms with van der Waals surface area (Å²) in [5.41, 5.74) is 0.224. The minimum atomic E-state index is -3.79. The molecule has 2 N–H and O–H groups in total. The van der Waals surface area contributed by atoms with Gasteiger partial charge in [-0.15, -0.1) is 0 Å². The van der Waals surface area contributed by atoms with Crippen LogP contribution in [-0.4, -0.2) is 61.0 Å². The summed E-state index contributed by atoms with van der Waals surface area (Å²) in [6.45, 7) is 5.00. The molecule has 0 atom stereocenters. The maximum atomic E-state index is 12.4. The molecule has 8 nitrogen and oxygen atoms in total. The number of amides is 1. The zero-order chi connectivity index (χ0) is 18.9. The molecule has 0 bridgehead atoms. The number of rotatable bonds is 11. The van der Waals surface area contributed by atoms with E-state index in [9.17, 15) is 13.2 Å². The average molecular weight is 374 g/mol. The summed E-state index contributed by atoms with van der Waals surface area (Å²) in [7, 11) is -0.834. The fraction of sp³-hybridized carbons (Fsp3) is 0.562. The van der Waals surface area contributed by atoms with Crippen LogP contribution in [0.15, 0.2) is 23.1 Å². The van der Waals surface area contributed by atoms with Crippen molar-refractivity contribution < 1.29 is 27.4 Å². The minimum Gasteiger partial charge on any atom is -0.495 e. The molecule has 9 heteroatoms. The van der Waals surface area contributed by atoms with Crippen LogP contribution in [0.1, 0.15) is 24.2 Å². The summed E-state index contributed by atoms with van der Waals surface area (Å²) in [5, 5.41) is 2.67. The van der Waals surface area contributed by atoms with E-state index in [0.29, 0.717) is 26.4 Å². The van der Waals surface area contributed by atoms with Gasteiger partial charge in [0.05, 0.1) is 26.9 Å². The molecule has 0 heterocycles. The van der Waals surface area contributed by atoms with Crippen LogP contribution in [0.25, 0.3) is 0 Å². The molecule has 142 valence electrons. The van der Waals surface area contributed by atoms with Crippen LogP contribution >= 0.6 is 0 Å². The average Bonchev–Trinajstić information content (AvgIpc) is 2.56. The van der Waals surface area contributed by atoms with Gasteiger partial charge in [0, 0.05) is 25.3 Å². The normalized spacial score (nSPS) is 11.6. The first-order valence-electron chi connectivity index (χ1n) is 7.87. The fourth-order valence-electron chi connectivity index (χ4n) is 1.98. The Bertz CT molecular complexity index is 661. The van der Waals surface area contributed by atoms with Gasteiger partial charge in [0.25, 0.3) is 5.91 Å². The topological polar surface area (TPSA) is 103 Å². The van der Waals surface area contributed by atoms with Gasteiger partial charge in [0.1, 0.15) is 10.6 Å². The zero-order valence-electron chi connectivity index (χ0n) is 15.0. The van der Waals surface area contributed by atoms with E-state index in [0.717, 1.165) is 0 Å². The monoisotopic (exact) mass is 374 g/mol. The summed E-state index contributed by atoms with van der Waals surface area (Å²) in [6.07, 6.45) is 0. The Labute approximate surface area is 148 Å². The minimum absolute atomic E-state index is 0.0762. The molecule has 0 aliphatic heterocycles. The second-order valence-electron chi connectivity index (χ2n) is 5.50. The van der Waals surface area contributed by atoms with Crippen molar-refractivity contribution in [3.05, 3.63) is 23.8 Å². The zero-order valence-corrected chi connectivity index (χ0v) is 15.8. The third-order valence-corrected chi connectivity index (χ3v) is 4.75. The number of hydrogen-bond acceptors (Lipinski definition) is 6. The number of sulfonamides is 1. The number of benzene rings is 1. The molecule has 0 spiro atoms. The predicted octanol–water partition coefficient (Wildman–Crippen LogP) is 0.775. The van der Waals surface area contributed by atoms with E-state index in [4.69, 9.17) is 14.2 Å². The highest BCUT2D eigenvalue weighted by Crippen LogP contribution is 2.25. The van der Waals surface area contributed by atoms with E-state index in [1.165, 1.54) is 25.3 Å². The molecule has 0 aliphatic carbocycles. The van der Waals surface area contributed by atoms with E-state index in [1.54, 1.807) is 21.0 Å². The molecule has 1 rings (SSSR count). The third kappa shape index (κ3) is 6.99. The molecule has 0 fully saturated rings. The SMILES string of the molecule is COCCOCCNC(=O)c1ccc(OC)c(S(=O)(=O)NC(C)C)c1. The molecular weight excluding hydrogens is 348 g/mol. The molecule has 0 unspecified atom stereocenters. The van der Waals surface area contributed by atoms with Crippen LogP contribution in [0.2, 0.25) is 0 Å². The molecule has 25 heavy (non-hydrogen) atoms. The van der Waals surface area contributed by atoms with E-state index in [-0.39, 0.29) is 28.2 Å². The fourth-order valence-corrected chi connectivity index (χ4v) is 3.43. The Morgan fingerprint density at radius 1 is 1.16 bits per heavy atom. The molecule has 1 amide bonds. The molecule has 0 saturated carbocycles. The maximum absolute atomic E-state index is 12.4. The van der Waals surface area contributed by atoms with Gasteiger partial charge >= 0.3 is 0 Å². The first kappa shape index (κ1) is 21.4. The summed E-state index contributed by atoms with van der Waals surface area (Å²) in [5.74, 6) is -0.216. The lowest BCUT2D eigenvalue weighted by molar-refractivity contribution is 0.0692. The highest BCUT2D eigenvalue weighted by atomic mass is 32.2. The standard InChI is InChI=1S/C16H26N2O6S/c1-12(2)18-25(20,21)15-11-13(5-6-14(15)23-4)16(19)17-7-8-24-10-9-22-3/h5-6,11-12,18H,7-10H2,1-4H3,(H,17,19). The van der Waals surface area contributed by atoms with Crippen molar-refractivity contribution in [3.63, 3.8) is 0 Å². The van der Waals surface area contributed by atoms with E-state index in [2.05, 4.69) is 10.0 Å². The Hall–Kier alpha value is -1.68. The number of hydrogen-bond donors (Lipinski definition) is 2. The van der Waals surface area contributed by atoms with Crippen molar-refractivity contribution in [3.8, 4) is 5.75 Å². The van der Waals surface area contributed by atoms with Crippen molar-refractivity contribution in [2.75, 3.05) is 40.6 Å². The summed E-state index contributed by atoms with van der Waals surface area (Å²) >= 11 is 0. The Balaban J connectivity index is 2.81. The van der Waals surface area contributed by atoms with Crippen molar-refractivity contribution in [2.24, 2.45) is 0 Å². The van der Waals surface area contributed by atoms with Gasteiger partial charge in [0.2, 0.25) is 10.0 Å². The Morgan fingerprint density at radius 2 is 1.88 bits per heavy atom. The summed E-state index contributed by atoms with van der Waals surface area (Å²) in [6, 6.07) is 3.98. The number of methoxy groups -OCH3 is 2. The largest absolute Gasteiger partial charge is 0.495 e. The number of ether oxygens (including phenoxy) is 3. The van der Waals surface area contributed by atoms with Crippen molar-refractivity contribution in [1.82, 2.24) is 10.0 Å². The molecule has 0 radical (unpaired) electrons. The van der Waals surface area contributed by atoms with Gasteiger partial charge in [0.15, 0.2) is 0 Å². The number of carbonyl (C=O) groups excluding carboxylic acids is 1. The van der Waals surface area contributed by atoms with Crippen LogP contribution in [0.5, 0.6) is 5.75 Å². The van der Waals surface area contributed by atoms with Gasteiger partial charge in [-0.25, -0.2) is 13.1 Å². The second-order valence-corrected chi connectivity index (χ2v) is 7.19. The highest BCUT2D eigenvalue weighted by molar-refractivity contribution is 7.89. The molecule has 1 aromatic rings. The lowest BCUT2D eigenvalue weighted by Gasteiger charge is -2.14. The van der Waals surface area contributed by atoms with Gasteiger partial charge < -0.3 is 19.5 Å². The van der Waals surface area contributed by atoms with Gasteiger partial charge in [-0.3, -0.25) is 4.79 Å². The number of nitrogens with one attached hydrogen (secondary N) is 2. The lowest BCUT2D eigenvalue weighted by atomic mass is 10.2. The van der Waals surface area contributed by atoms with Crippen LogP contribution in [0.3, 0.4) is 0 Å². The van der Waals surface area contributed by atoms with Gasteiger partial charge in [-0.05, 0) is 32.0 Å². The second kappa shape index (κ2) is 10.3. The highest BCUT2D eigenvalue weighted by Gasteiger charge is 2.22. The van der Waals surface area contributed by atoms with E-state index in [1.807, 2.05) is 0 Å². The quantitative estimate of drug-likeness (QED) is 0.555. The Morgan fingerprint density at radius 3 is 2.48 bits per heavy atom. The molecule has 0 aliphatic rings. The smallest absolute Gasteiger partial charge is 0.251 e. The van der Waals surface area contributed by atoms with Crippen molar-refractivity contribution in [1.29, 1.82) is 0 Å². The predicted molar refractivity (Wildman–Crippen MR) is 93.5 cm³/mol. The van der Waals surface area contributed by atoms with E-state index < -0.39 is 10.0 Å². The molecule has 1 aromatic carbocycles. The molecule has 0 aromatic heterocycles. The van der Waals surface area contributed by atoms with E-state index >= 15 is 0 Å². The molecule has 0 saturated heterocycles. The first-order valence-corrected chi connectivity index (χ1v) is 9.35. The summed E-state index contributed by atoms with van der Waals surface area (Å²) in [4.78, 5) is 12.1. The third-order valence-electron chi connectivity index (χ3n) is 3.07. The summed E-state index contributed by atoms with van der Waals surface area (Å²) < 4.78 is 42.5. The lowest BCUT2D eigenvalue weighted by Crippen LogP contribution is -2.31. The van der Waals surface area contributed by atoms with Gasteiger partial charge in [-0.2, -0.15) is 0 Å². The molecular formula is C16H26N2O6S. The van der Waals surface area contributed by atoms with Crippen molar-refractivity contribution in [2.45, 2.75) is 24.8 Å². The Kier molecular flexibility index (Phi) is 8.84. The van der Waals surface area contributed by atoms with Crippen molar-refractivity contribution >= 4 is 15.9 Å². The maximum Gasteiger partial charge on any atom is 0.251 e. The van der Waals surface area contributed by atoms with Crippen LogP contribution in [0, 0.1) is 0 Å². The van der Waals surface area contributed by atoms with Gasteiger partial charge in [-0.1, -0.05) is 0 Å². The van der Waals surface area contributed by atoms with Crippen LogP contribution in [0.4, 0.5) is 0 Å². The first-order chi connectivity index (χ1) is 11.8. The number of carbonyl (C=O) groups is 1.